The van der Waals surface area contributed by atoms with Crippen molar-refractivity contribution in [3.05, 3.63) is 29.8 Å². The third-order valence-corrected chi connectivity index (χ3v) is 3.90. The topological polar surface area (TPSA) is 21.3 Å². The van der Waals surface area contributed by atoms with Gasteiger partial charge in [-0.1, -0.05) is 12.1 Å². The van der Waals surface area contributed by atoms with E-state index in [0.29, 0.717) is 6.04 Å². The van der Waals surface area contributed by atoms with Crippen molar-refractivity contribution >= 4 is 11.8 Å². The molecule has 0 aromatic heterocycles. The Morgan fingerprint density at radius 1 is 1.28 bits per heavy atom. The van der Waals surface area contributed by atoms with E-state index in [4.69, 9.17) is 0 Å². The number of rotatable bonds is 2. The lowest BCUT2D eigenvalue weighted by atomic mass is 10.2. The molecule has 0 aliphatic carbocycles. The van der Waals surface area contributed by atoms with Gasteiger partial charge in [0.1, 0.15) is 5.75 Å². The van der Waals surface area contributed by atoms with Crippen LogP contribution < -0.4 is 10.1 Å². The summed E-state index contributed by atoms with van der Waals surface area (Å²) in [4.78, 5) is 0. The minimum Gasteiger partial charge on any atom is -0.406 e. The van der Waals surface area contributed by atoms with Crippen molar-refractivity contribution < 1.29 is 17.9 Å². The zero-order valence-corrected chi connectivity index (χ0v) is 10.6. The largest absolute Gasteiger partial charge is 0.573 e. The molecule has 18 heavy (non-hydrogen) atoms. The van der Waals surface area contributed by atoms with Crippen molar-refractivity contribution in [2.24, 2.45) is 0 Å². The van der Waals surface area contributed by atoms with Crippen LogP contribution in [0.5, 0.6) is 5.75 Å². The van der Waals surface area contributed by atoms with Crippen molar-refractivity contribution in [1.29, 1.82) is 0 Å². The molecule has 0 amide bonds. The molecule has 1 aliphatic heterocycles. The summed E-state index contributed by atoms with van der Waals surface area (Å²) < 4.78 is 39.9. The summed E-state index contributed by atoms with van der Waals surface area (Å²) >= 11 is 1.76. The predicted octanol–water partition coefficient (Wildman–Crippen LogP) is 3.70. The number of alkyl halides is 3. The lowest BCUT2D eigenvalue weighted by Crippen LogP contribution is -2.33. The summed E-state index contributed by atoms with van der Waals surface area (Å²) in [5.74, 6) is 0.875. The van der Waals surface area contributed by atoms with Gasteiger partial charge in [-0.25, -0.2) is 0 Å². The van der Waals surface area contributed by atoms with Crippen molar-refractivity contribution in [2.45, 2.75) is 31.1 Å². The molecule has 1 aromatic rings. The van der Waals surface area contributed by atoms with Crippen molar-refractivity contribution in [3.63, 3.8) is 0 Å². The van der Waals surface area contributed by atoms with E-state index in [2.05, 4.69) is 17.0 Å². The summed E-state index contributed by atoms with van der Waals surface area (Å²) in [6.45, 7) is 2.11. The summed E-state index contributed by atoms with van der Waals surface area (Å²) in [6, 6.07) is 6.48. The highest BCUT2D eigenvalue weighted by Crippen LogP contribution is 2.33. The van der Waals surface area contributed by atoms with Gasteiger partial charge in [0.15, 0.2) is 0 Å². The highest BCUT2D eigenvalue weighted by Gasteiger charge is 2.31. The number of hydrogen-bond acceptors (Lipinski definition) is 3. The number of nitrogens with one attached hydrogen (secondary N) is 1. The van der Waals surface area contributed by atoms with Crippen molar-refractivity contribution in [2.75, 3.05) is 5.75 Å². The van der Waals surface area contributed by atoms with E-state index < -0.39 is 6.36 Å². The maximum atomic E-state index is 12.0. The van der Waals surface area contributed by atoms with Gasteiger partial charge in [-0.3, -0.25) is 5.32 Å². The van der Waals surface area contributed by atoms with Gasteiger partial charge in [-0.05, 0) is 36.8 Å². The summed E-state index contributed by atoms with van der Waals surface area (Å²) in [6.07, 6.45) is -3.52. The number of thioether (sulfide) groups is 1. The monoisotopic (exact) mass is 277 g/mol. The standard InChI is InChI=1S/C12H14F3NOS/c1-8-6-7-18-11(16-8)9-2-4-10(5-3-9)17-12(13,14)15/h2-5,8,11,16H,6-7H2,1H3. The summed E-state index contributed by atoms with van der Waals surface area (Å²) in [5, 5.41) is 3.55. The molecular formula is C12H14F3NOS. The molecule has 2 unspecified atom stereocenters. The molecule has 0 radical (unpaired) electrons. The van der Waals surface area contributed by atoms with E-state index in [0.717, 1.165) is 17.7 Å². The van der Waals surface area contributed by atoms with Crippen LogP contribution in [0.1, 0.15) is 24.3 Å². The first kappa shape index (κ1) is 13.5. The lowest BCUT2D eigenvalue weighted by molar-refractivity contribution is -0.274. The Morgan fingerprint density at radius 2 is 1.94 bits per heavy atom. The normalized spacial score (nSPS) is 24.9. The van der Waals surface area contributed by atoms with E-state index in [1.807, 2.05) is 0 Å². The second-order valence-electron chi connectivity index (χ2n) is 4.22. The molecule has 1 saturated heterocycles. The Labute approximate surface area is 108 Å². The Hall–Kier alpha value is -0.880. The molecule has 100 valence electrons. The first-order valence-electron chi connectivity index (χ1n) is 5.67. The fourth-order valence-corrected chi connectivity index (χ4v) is 3.19. The van der Waals surface area contributed by atoms with Crippen LogP contribution in [0, 0.1) is 0 Å². The van der Waals surface area contributed by atoms with E-state index in [1.165, 1.54) is 12.1 Å². The molecule has 2 nitrogen and oxygen atoms in total. The molecule has 2 atom stereocenters. The second kappa shape index (κ2) is 5.40. The molecule has 1 fully saturated rings. The van der Waals surface area contributed by atoms with Crippen LogP contribution in [0.4, 0.5) is 13.2 Å². The zero-order valence-electron chi connectivity index (χ0n) is 9.83. The highest BCUT2D eigenvalue weighted by molar-refractivity contribution is 7.99. The Bertz CT molecular complexity index is 393. The van der Waals surface area contributed by atoms with Gasteiger partial charge in [0.25, 0.3) is 0 Å². The number of benzene rings is 1. The van der Waals surface area contributed by atoms with Gasteiger partial charge < -0.3 is 4.74 Å². The van der Waals surface area contributed by atoms with Gasteiger partial charge in [-0.15, -0.1) is 24.9 Å². The smallest absolute Gasteiger partial charge is 0.406 e. The van der Waals surface area contributed by atoms with Gasteiger partial charge in [0.2, 0.25) is 0 Å². The summed E-state index contributed by atoms with van der Waals surface area (Å²) in [7, 11) is 0. The second-order valence-corrected chi connectivity index (χ2v) is 5.44. The molecular weight excluding hydrogens is 263 g/mol. The third kappa shape index (κ3) is 3.81. The minimum atomic E-state index is -4.63. The highest BCUT2D eigenvalue weighted by atomic mass is 32.2. The van der Waals surface area contributed by atoms with Crippen LogP contribution in [-0.4, -0.2) is 18.2 Å². The van der Waals surface area contributed by atoms with Crippen LogP contribution in [-0.2, 0) is 0 Å². The van der Waals surface area contributed by atoms with Crippen molar-refractivity contribution in [1.82, 2.24) is 5.32 Å². The third-order valence-electron chi connectivity index (χ3n) is 2.69. The van der Waals surface area contributed by atoms with Gasteiger partial charge in [-0.2, -0.15) is 0 Å². The van der Waals surface area contributed by atoms with E-state index >= 15 is 0 Å². The minimum absolute atomic E-state index is 0.147. The van der Waals surface area contributed by atoms with Crippen LogP contribution in [0.15, 0.2) is 24.3 Å². The van der Waals surface area contributed by atoms with Crippen LogP contribution in [0.3, 0.4) is 0 Å². The molecule has 0 spiro atoms. The van der Waals surface area contributed by atoms with Gasteiger partial charge in [0.05, 0.1) is 5.37 Å². The average molecular weight is 277 g/mol. The van der Waals surface area contributed by atoms with Gasteiger partial charge >= 0.3 is 6.36 Å². The Morgan fingerprint density at radius 3 is 2.50 bits per heavy atom. The first-order valence-corrected chi connectivity index (χ1v) is 6.72. The van der Waals surface area contributed by atoms with Crippen molar-refractivity contribution in [3.8, 4) is 5.75 Å². The van der Waals surface area contributed by atoms with Crippen LogP contribution in [0.2, 0.25) is 0 Å². The maximum Gasteiger partial charge on any atom is 0.573 e. The zero-order chi connectivity index (χ0) is 13.2. The fraction of sp³-hybridized carbons (Fsp3) is 0.500. The van der Waals surface area contributed by atoms with E-state index in [-0.39, 0.29) is 11.1 Å². The molecule has 6 heteroatoms. The van der Waals surface area contributed by atoms with E-state index in [9.17, 15) is 13.2 Å². The fourth-order valence-electron chi connectivity index (χ4n) is 1.79. The molecule has 1 heterocycles. The molecule has 0 bridgehead atoms. The predicted molar refractivity (Wildman–Crippen MR) is 65.5 cm³/mol. The van der Waals surface area contributed by atoms with Crippen LogP contribution in [0.25, 0.3) is 0 Å². The first-order chi connectivity index (χ1) is 8.44. The molecule has 2 rings (SSSR count). The van der Waals surface area contributed by atoms with E-state index in [1.54, 1.807) is 23.9 Å². The average Bonchev–Trinajstić information content (AvgIpc) is 2.28. The number of hydrogen-bond donors (Lipinski definition) is 1. The molecule has 1 N–H and O–H groups in total. The SMILES string of the molecule is CC1CCSC(c2ccc(OC(F)(F)F)cc2)N1. The van der Waals surface area contributed by atoms with Gasteiger partial charge in [0, 0.05) is 6.04 Å². The molecule has 0 saturated carbocycles. The number of ether oxygens (including phenoxy) is 1. The lowest BCUT2D eigenvalue weighted by Gasteiger charge is -2.28. The molecule has 1 aromatic carbocycles. The van der Waals surface area contributed by atoms with Crippen LogP contribution >= 0.6 is 11.8 Å². The number of halogens is 3. The Kier molecular flexibility index (Phi) is 4.07. The summed E-state index contributed by atoms with van der Waals surface area (Å²) in [5.41, 5.74) is 0.973. The molecule has 1 aliphatic rings. The Balaban J connectivity index is 2.03. The maximum absolute atomic E-state index is 12.0. The quantitative estimate of drug-likeness (QED) is 0.890.